The van der Waals surface area contributed by atoms with Crippen LogP contribution in [-0.4, -0.2) is 64.6 Å². The van der Waals surface area contributed by atoms with Crippen LogP contribution in [0.3, 0.4) is 0 Å². The maximum absolute atomic E-state index is 11.4. The second-order valence-electron chi connectivity index (χ2n) is 4.60. The van der Waals surface area contributed by atoms with Gasteiger partial charge in [-0.2, -0.15) is 0 Å². The van der Waals surface area contributed by atoms with Gasteiger partial charge in [0.25, 0.3) is 5.91 Å². The van der Waals surface area contributed by atoms with Gasteiger partial charge in [0.1, 0.15) is 0 Å². The molecule has 0 aromatic carbocycles. The van der Waals surface area contributed by atoms with E-state index in [1.165, 1.54) is 12.4 Å². The molecule has 3 N–H and O–H groups in total. The van der Waals surface area contributed by atoms with Gasteiger partial charge in [0.15, 0.2) is 11.5 Å². The van der Waals surface area contributed by atoms with E-state index >= 15 is 0 Å². The number of carboxylic acids is 1. The Kier molecular flexibility index (Phi) is 4.46. The lowest BCUT2D eigenvalue weighted by molar-refractivity contribution is -0.138. The van der Waals surface area contributed by atoms with Crippen molar-refractivity contribution in [2.24, 2.45) is 5.73 Å². The molecule has 0 spiro atoms. The average Bonchev–Trinajstić information content (AvgIpc) is 2.63. The molecule has 0 saturated carbocycles. The number of primary amides is 1. The summed E-state index contributed by atoms with van der Waals surface area (Å²) < 4.78 is 0. The van der Waals surface area contributed by atoms with Crippen LogP contribution in [0.5, 0.6) is 0 Å². The van der Waals surface area contributed by atoms with Gasteiger partial charge in [-0.15, -0.1) is 0 Å². The first kappa shape index (κ1) is 14.2. The number of rotatable bonds is 4. The van der Waals surface area contributed by atoms with E-state index < -0.39 is 11.9 Å². The molecule has 1 aliphatic rings. The number of nitrogens with zero attached hydrogens (tertiary/aromatic N) is 4. The quantitative estimate of drug-likeness (QED) is 0.739. The molecule has 0 radical (unpaired) electrons. The number of carboxylic acid groups (broad SMARTS) is 1. The Morgan fingerprint density at radius 1 is 1.20 bits per heavy atom. The molecular formula is C12H17N5O3. The van der Waals surface area contributed by atoms with Gasteiger partial charge in [-0.25, -0.2) is 9.97 Å². The summed E-state index contributed by atoms with van der Waals surface area (Å²) in [5, 5.41) is 8.82. The van der Waals surface area contributed by atoms with Gasteiger partial charge < -0.3 is 15.7 Å². The van der Waals surface area contributed by atoms with E-state index in [1.807, 2.05) is 9.80 Å². The molecule has 0 atom stereocenters. The molecule has 0 unspecified atom stereocenters. The van der Waals surface area contributed by atoms with Crippen molar-refractivity contribution in [1.29, 1.82) is 0 Å². The minimum Gasteiger partial charge on any atom is -0.480 e. The lowest BCUT2D eigenvalue weighted by atomic mass is 10.3. The predicted octanol–water partition coefficient (Wildman–Crippen LogP) is -0.828. The van der Waals surface area contributed by atoms with Crippen molar-refractivity contribution >= 4 is 17.7 Å². The first-order valence-electron chi connectivity index (χ1n) is 6.38. The zero-order chi connectivity index (χ0) is 14.5. The van der Waals surface area contributed by atoms with Crippen LogP contribution in [0.1, 0.15) is 16.9 Å². The molecule has 1 fully saturated rings. The van der Waals surface area contributed by atoms with Crippen molar-refractivity contribution < 1.29 is 14.7 Å². The SMILES string of the molecule is NC(=O)c1nccnc1N1CCCN(CC(=O)O)CC1. The fourth-order valence-corrected chi connectivity index (χ4v) is 2.27. The Labute approximate surface area is 116 Å². The van der Waals surface area contributed by atoms with Gasteiger partial charge in [0.05, 0.1) is 6.54 Å². The molecule has 8 heteroatoms. The van der Waals surface area contributed by atoms with Crippen molar-refractivity contribution in [3.05, 3.63) is 18.1 Å². The fraction of sp³-hybridized carbons (Fsp3) is 0.500. The van der Waals surface area contributed by atoms with E-state index in [-0.39, 0.29) is 12.2 Å². The molecular weight excluding hydrogens is 262 g/mol. The molecule has 1 aliphatic heterocycles. The molecule has 20 heavy (non-hydrogen) atoms. The molecule has 2 heterocycles. The number of hydrogen-bond donors (Lipinski definition) is 2. The molecule has 1 saturated heterocycles. The van der Waals surface area contributed by atoms with Crippen LogP contribution >= 0.6 is 0 Å². The number of aliphatic carboxylic acids is 1. The fourth-order valence-electron chi connectivity index (χ4n) is 2.27. The van der Waals surface area contributed by atoms with E-state index in [1.54, 1.807) is 0 Å². The van der Waals surface area contributed by atoms with E-state index in [0.29, 0.717) is 32.0 Å². The minimum atomic E-state index is -0.837. The Hall–Kier alpha value is -2.22. The number of amides is 1. The average molecular weight is 279 g/mol. The van der Waals surface area contributed by atoms with Gasteiger partial charge in [0.2, 0.25) is 0 Å². The number of carbonyl (C=O) groups is 2. The second-order valence-corrected chi connectivity index (χ2v) is 4.60. The Morgan fingerprint density at radius 3 is 2.65 bits per heavy atom. The van der Waals surface area contributed by atoms with Crippen LogP contribution in [0.15, 0.2) is 12.4 Å². The van der Waals surface area contributed by atoms with Crippen LogP contribution in [-0.2, 0) is 4.79 Å². The summed E-state index contributed by atoms with van der Waals surface area (Å²) in [6.07, 6.45) is 3.74. The van der Waals surface area contributed by atoms with Gasteiger partial charge in [-0.05, 0) is 6.42 Å². The van der Waals surface area contributed by atoms with Gasteiger partial charge >= 0.3 is 5.97 Å². The van der Waals surface area contributed by atoms with Crippen LogP contribution in [0.4, 0.5) is 5.82 Å². The van der Waals surface area contributed by atoms with Crippen molar-refractivity contribution in [2.75, 3.05) is 37.6 Å². The van der Waals surface area contributed by atoms with Crippen LogP contribution in [0, 0.1) is 0 Å². The molecule has 2 rings (SSSR count). The summed E-state index contributed by atoms with van der Waals surface area (Å²) in [7, 11) is 0. The van der Waals surface area contributed by atoms with E-state index in [9.17, 15) is 9.59 Å². The van der Waals surface area contributed by atoms with Gasteiger partial charge in [-0.3, -0.25) is 14.5 Å². The van der Waals surface area contributed by atoms with Crippen LogP contribution < -0.4 is 10.6 Å². The van der Waals surface area contributed by atoms with Crippen LogP contribution in [0.2, 0.25) is 0 Å². The maximum Gasteiger partial charge on any atom is 0.317 e. The second kappa shape index (κ2) is 6.29. The minimum absolute atomic E-state index is 0.0248. The summed E-state index contributed by atoms with van der Waals surface area (Å²) >= 11 is 0. The van der Waals surface area contributed by atoms with E-state index in [0.717, 1.165) is 6.42 Å². The summed E-state index contributed by atoms with van der Waals surface area (Å²) in [6, 6.07) is 0. The molecule has 1 aromatic rings. The smallest absolute Gasteiger partial charge is 0.317 e. The highest BCUT2D eigenvalue weighted by Crippen LogP contribution is 2.16. The predicted molar refractivity (Wildman–Crippen MR) is 71.5 cm³/mol. The topological polar surface area (TPSA) is 113 Å². The summed E-state index contributed by atoms with van der Waals surface area (Å²) in [6.45, 7) is 2.61. The van der Waals surface area contributed by atoms with E-state index in [4.69, 9.17) is 10.8 Å². The van der Waals surface area contributed by atoms with Crippen LogP contribution in [0.25, 0.3) is 0 Å². The first-order chi connectivity index (χ1) is 9.58. The highest BCUT2D eigenvalue weighted by atomic mass is 16.4. The molecule has 1 amide bonds. The number of nitrogens with two attached hydrogens (primary N) is 1. The molecule has 1 aromatic heterocycles. The monoisotopic (exact) mass is 279 g/mol. The summed E-state index contributed by atoms with van der Waals surface area (Å²) in [4.78, 5) is 34.0. The zero-order valence-electron chi connectivity index (χ0n) is 11.0. The third-order valence-electron chi connectivity index (χ3n) is 3.16. The Balaban J connectivity index is 2.11. The van der Waals surface area contributed by atoms with Crippen molar-refractivity contribution in [2.45, 2.75) is 6.42 Å². The van der Waals surface area contributed by atoms with E-state index in [2.05, 4.69) is 9.97 Å². The first-order valence-corrected chi connectivity index (χ1v) is 6.38. The van der Waals surface area contributed by atoms with Crippen molar-refractivity contribution in [3.63, 3.8) is 0 Å². The molecule has 0 aliphatic carbocycles. The highest BCUT2D eigenvalue weighted by molar-refractivity contribution is 5.95. The third-order valence-corrected chi connectivity index (χ3v) is 3.16. The van der Waals surface area contributed by atoms with Gasteiger partial charge in [0, 0.05) is 38.6 Å². The van der Waals surface area contributed by atoms with Gasteiger partial charge in [-0.1, -0.05) is 0 Å². The summed E-state index contributed by atoms with van der Waals surface area (Å²) in [5.41, 5.74) is 5.45. The lowest BCUT2D eigenvalue weighted by Crippen LogP contribution is -2.35. The molecule has 8 nitrogen and oxygen atoms in total. The van der Waals surface area contributed by atoms with Crippen molar-refractivity contribution in [1.82, 2.24) is 14.9 Å². The number of aromatic nitrogens is 2. The zero-order valence-corrected chi connectivity index (χ0v) is 11.0. The number of carbonyl (C=O) groups excluding carboxylic acids is 1. The lowest BCUT2D eigenvalue weighted by Gasteiger charge is -2.22. The molecule has 108 valence electrons. The Morgan fingerprint density at radius 2 is 1.95 bits per heavy atom. The number of hydrogen-bond acceptors (Lipinski definition) is 6. The largest absolute Gasteiger partial charge is 0.480 e. The summed E-state index contributed by atoms with van der Waals surface area (Å²) in [5.74, 6) is -0.979. The maximum atomic E-state index is 11.4. The normalized spacial score (nSPS) is 16.7. The molecule has 0 bridgehead atoms. The standard InChI is InChI=1S/C12H17N5O3/c13-11(20)10-12(15-3-2-14-10)17-5-1-4-16(6-7-17)8-9(18)19/h2-3H,1,4-8H2,(H2,13,20)(H,18,19). The third kappa shape index (κ3) is 3.41. The Bertz CT molecular complexity index is 508. The highest BCUT2D eigenvalue weighted by Gasteiger charge is 2.21. The number of anilines is 1. The van der Waals surface area contributed by atoms with Crippen molar-refractivity contribution in [3.8, 4) is 0 Å².